The van der Waals surface area contributed by atoms with Crippen molar-refractivity contribution in [3.63, 3.8) is 0 Å². The molecule has 1 saturated carbocycles. The second-order valence-electron chi connectivity index (χ2n) is 5.45. The van der Waals surface area contributed by atoms with Gasteiger partial charge >= 0.3 is 0 Å². The molecule has 1 heterocycles. The Balaban J connectivity index is 1.81. The smallest absolute Gasteiger partial charge is 0.270 e. The summed E-state index contributed by atoms with van der Waals surface area (Å²) in [5.74, 6) is 0.551. The first kappa shape index (κ1) is 13.8. The first-order valence-electron chi connectivity index (χ1n) is 7.09. The molecular weight excluding hydrogens is 270 g/mol. The third kappa shape index (κ3) is 3.11. The summed E-state index contributed by atoms with van der Waals surface area (Å²) in [5.41, 5.74) is 6.71. The summed E-state index contributed by atoms with van der Waals surface area (Å²) in [7, 11) is 0. The molecule has 0 amide bonds. The van der Waals surface area contributed by atoms with Gasteiger partial charge in [-0.1, -0.05) is 0 Å². The van der Waals surface area contributed by atoms with Gasteiger partial charge in [0.05, 0.1) is 10.4 Å². The molecule has 2 N–H and O–H groups in total. The van der Waals surface area contributed by atoms with Crippen LogP contribution in [0.5, 0.6) is 5.88 Å². The Morgan fingerprint density at radius 2 is 2.14 bits per heavy atom. The van der Waals surface area contributed by atoms with Crippen LogP contribution in [0.3, 0.4) is 0 Å². The van der Waals surface area contributed by atoms with Crippen molar-refractivity contribution >= 4 is 16.6 Å². The summed E-state index contributed by atoms with van der Waals surface area (Å²) in [6.45, 7) is 0. The van der Waals surface area contributed by atoms with E-state index in [2.05, 4.69) is 4.98 Å². The molecule has 21 heavy (non-hydrogen) atoms. The van der Waals surface area contributed by atoms with Crippen molar-refractivity contribution in [1.82, 2.24) is 4.98 Å². The van der Waals surface area contributed by atoms with Crippen LogP contribution in [0.1, 0.15) is 25.7 Å². The number of pyridine rings is 1. The summed E-state index contributed by atoms with van der Waals surface area (Å²) < 4.78 is 5.89. The molecule has 1 aliphatic carbocycles. The van der Waals surface area contributed by atoms with E-state index < -0.39 is 4.92 Å². The largest absolute Gasteiger partial charge is 0.474 e. The maximum Gasteiger partial charge on any atom is 0.270 e. The molecule has 1 aromatic carbocycles. The van der Waals surface area contributed by atoms with Crippen LogP contribution in [0.15, 0.2) is 30.3 Å². The maximum absolute atomic E-state index is 10.8. The quantitative estimate of drug-likeness (QED) is 0.692. The fourth-order valence-corrected chi connectivity index (χ4v) is 2.73. The number of aromatic nitrogens is 1. The summed E-state index contributed by atoms with van der Waals surface area (Å²) >= 11 is 0. The Labute approximate surface area is 122 Å². The van der Waals surface area contributed by atoms with Gasteiger partial charge < -0.3 is 10.5 Å². The van der Waals surface area contributed by atoms with Gasteiger partial charge in [-0.15, -0.1) is 0 Å². The van der Waals surface area contributed by atoms with Gasteiger partial charge in [-0.25, -0.2) is 4.98 Å². The van der Waals surface area contributed by atoms with E-state index in [-0.39, 0.29) is 17.8 Å². The van der Waals surface area contributed by atoms with Gasteiger partial charge in [0.1, 0.15) is 6.10 Å². The highest BCUT2D eigenvalue weighted by molar-refractivity contribution is 5.81. The summed E-state index contributed by atoms with van der Waals surface area (Å²) in [5, 5.41) is 11.5. The Morgan fingerprint density at radius 3 is 2.90 bits per heavy atom. The van der Waals surface area contributed by atoms with Crippen molar-refractivity contribution in [3.05, 3.63) is 40.4 Å². The topological polar surface area (TPSA) is 91.3 Å². The van der Waals surface area contributed by atoms with Gasteiger partial charge in [0.25, 0.3) is 5.69 Å². The summed E-state index contributed by atoms with van der Waals surface area (Å²) in [4.78, 5) is 14.8. The lowest BCUT2D eigenvalue weighted by Gasteiger charge is -2.26. The van der Waals surface area contributed by atoms with Crippen LogP contribution in [0.25, 0.3) is 10.9 Å². The van der Waals surface area contributed by atoms with Crippen molar-refractivity contribution in [3.8, 4) is 5.88 Å². The molecule has 0 aliphatic heterocycles. The van der Waals surface area contributed by atoms with E-state index in [9.17, 15) is 10.1 Å². The Kier molecular flexibility index (Phi) is 3.70. The van der Waals surface area contributed by atoms with E-state index >= 15 is 0 Å². The first-order valence-corrected chi connectivity index (χ1v) is 7.09. The van der Waals surface area contributed by atoms with E-state index in [1.807, 2.05) is 0 Å². The van der Waals surface area contributed by atoms with Crippen molar-refractivity contribution in [1.29, 1.82) is 0 Å². The van der Waals surface area contributed by atoms with E-state index in [0.717, 1.165) is 31.1 Å². The molecule has 0 radical (unpaired) electrons. The lowest BCUT2D eigenvalue weighted by Crippen LogP contribution is -2.33. The Hall–Kier alpha value is -2.21. The number of ether oxygens (including phenoxy) is 1. The molecule has 0 spiro atoms. The summed E-state index contributed by atoms with van der Waals surface area (Å²) in [6, 6.07) is 8.37. The molecule has 0 bridgehead atoms. The Bertz CT molecular complexity index is 674. The molecule has 2 unspecified atom stereocenters. The zero-order chi connectivity index (χ0) is 14.8. The van der Waals surface area contributed by atoms with Crippen molar-refractivity contribution in [2.24, 2.45) is 5.73 Å². The van der Waals surface area contributed by atoms with E-state index in [0.29, 0.717) is 11.4 Å². The molecule has 2 atom stereocenters. The minimum Gasteiger partial charge on any atom is -0.474 e. The number of hydrogen-bond acceptors (Lipinski definition) is 5. The lowest BCUT2D eigenvalue weighted by molar-refractivity contribution is -0.384. The van der Waals surface area contributed by atoms with Crippen molar-refractivity contribution in [2.75, 3.05) is 0 Å². The van der Waals surface area contributed by atoms with Crippen LogP contribution in [0, 0.1) is 10.1 Å². The number of nitrogens with zero attached hydrogens (tertiary/aromatic N) is 2. The maximum atomic E-state index is 10.8. The number of nitrogens with two attached hydrogens (primary N) is 1. The zero-order valence-electron chi connectivity index (χ0n) is 11.6. The highest BCUT2D eigenvalue weighted by Gasteiger charge is 2.21. The zero-order valence-corrected chi connectivity index (χ0v) is 11.6. The first-order chi connectivity index (χ1) is 10.1. The number of hydrogen-bond donors (Lipinski definition) is 1. The van der Waals surface area contributed by atoms with E-state index in [1.165, 1.54) is 12.1 Å². The van der Waals surface area contributed by atoms with Gasteiger partial charge in [0, 0.05) is 29.6 Å². The van der Waals surface area contributed by atoms with E-state index in [1.54, 1.807) is 18.2 Å². The average molecular weight is 287 g/mol. The van der Waals surface area contributed by atoms with Crippen LogP contribution in [0.2, 0.25) is 0 Å². The lowest BCUT2D eigenvalue weighted by atomic mass is 9.94. The van der Waals surface area contributed by atoms with Crippen LogP contribution in [-0.4, -0.2) is 22.1 Å². The molecule has 1 aromatic heterocycles. The molecular formula is C15H17N3O3. The average Bonchev–Trinajstić information content (AvgIpc) is 2.46. The second-order valence-corrected chi connectivity index (χ2v) is 5.45. The molecule has 6 heteroatoms. The third-order valence-corrected chi connectivity index (χ3v) is 3.81. The molecule has 2 aromatic rings. The standard InChI is InChI=1S/C15H17N3O3/c16-11-2-1-3-13(9-11)21-15-7-4-10-8-12(18(19)20)5-6-14(10)17-15/h4-8,11,13H,1-3,9,16H2. The minimum atomic E-state index is -0.409. The van der Waals surface area contributed by atoms with Gasteiger partial charge in [0.15, 0.2) is 0 Å². The SMILES string of the molecule is NC1CCCC(Oc2ccc3cc([N+](=O)[O-])ccc3n2)C1. The number of nitro benzene ring substituents is 1. The van der Waals surface area contributed by atoms with Crippen LogP contribution in [-0.2, 0) is 0 Å². The van der Waals surface area contributed by atoms with E-state index in [4.69, 9.17) is 10.5 Å². The van der Waals surface area contributed by atoms with Gasteiger partial charge in [-0.2, -0.15) is 0 Å². The Morgan fingerprint density at radius 1 is 1.29 bits per heavy atom. The number of fused-ring (bicyclic) bond motifs is 1. The molecule has 6 nitrogen and oxygen atoms in total. The van der Waals surface area contributed by atoms with Crippen molar-refractivity contribution < 1.29 is 9.66 Å². The normalized spacial score (nSPS) is 22.1. The molecule has 1 fully saturated rings. The van der Waals surface area contributed by atoms with Gasteiger partial charge in [0.2, 0.25) is 5.88 Å². The number of rotatable bonds is 3. The minimum absolute atomic E-state index is 0.0659. The monoisotopic (exact) mass is 287 g/mol. The third-order valence-electron chi connectivity index (χ3n) is 3.81. The highest BCUT2D eigenvalue weighted by Crippen LogP contribution is 2.25. The number of nitro groups is 1. The molecule has 3 rings (SSSR count). The van der Waals surface area contributed by atoms with Gasteiger partial charge in [-0.3, -0.25) is 10.1 Å². The highest BCUT2D eigenvalue weighted by atomic mass is 16.6. The molecule has 110 valence electrons. The van der Waals surface area contributed by atoms with Crippen LogP contribution < -0.4 is 10.5 Å². The van der Waals surface area contributed by atoms with Crippen LogP contribution >= 0.6 is 0 Å². The van der Waals surface area contributed by atoms with Gasteiger partial charge in [-0.05, 0) is 37.8 Å². The summed E-state index contributed by atoms with van der Waals surface area (Å²) in [6.07, 6.45) is 4.07. The fourth-order valence-electron chi connectivity index (χ4n) is 2.73. The predicted octanol–water partition coefficient (Wildman–Crippen LogP) is 2.79. The predicted molar refractivity (Wildman–Crippen MR) is 79.3 cm³/mol. The van der Waals surface area contributed by atoms with Crippen LogP contribution in [0.4, 0.5) is 5.69 Å². The molecule has 1 aliphatic rings. The number of benzene rings is 1. The molecule has 0 saturated heterocycles. The fraction of sp³-hybridized carbons (Fsp3) is 0.400. The number of non-ortho nitro benzene ring substituents is 1. The van der Waals surface area contributed by atoms with Crippen molar-refractivity contribution in [2.45, 2.75) is 37.8 Å². The second kappa shape index (κ2) is 5.65.